The monoisotopic (exact) mass is 179 g/mol. The Balaban J connectivity index is 2.85. The van der Waals surface area contributed by atoms with Gasteiger partial charge in [-0.25, -0.2) is 9.78 Å². The summed E-state index contributed by atoms with van der Waals surface area (Å²) in [5.41, 5.74) is 6.08. The van der Waals surface area contributed by atoms with E-state index in [1.807, 2.05) is 12.1 Å². The predicted octanol–water partition coefficient (Wildman–Crippen LogP) is 1.70. The molecule has 4 heteroatoms. The standard InChI is InChI=1S/C9H13N3O/c1-6(2)7-3-4-11-8(5-7)12-9(10)13/h3-6H,1-2H3,(H3,10,11,12,13). The molecular formula is C9H13N3O. The van der Waals surface area contributed by atoms with Crippen molar-refractivity contribution >= 4 is 11.8 Å². The van der Waals surface area contributed by atoms with E-state index in [1.165, 1.54) is 0 Å². The number of carbonyl (C=O) groups excluding carboxylic acids is 1. The first-order valence-corrected chi connectivity index (χ1v) is 4.12. The van der Waals surface area contributed by atoms with Crippen molar-refractivity contribution in [3.63, 3.8) is 0 Å². The largest absolute Gasteiger partial charge is 0.351 e. The molecule has 0 aliphatic rings. The molecular weight excluding hydrogens is 166 g/mol. The number of rotatable bonds is 2. The quantitative estimate of drug-likeness (QED) is 0.725. The minimum Gasteiger partial charge on any atom is -0.351 e. The SMILES string of the molecule is CC(C)c1ccnc(NC(N)=O)c1. The minimum absolute atomic E-state index is 0.413. The maximum atomic E-state index is 10.5. The molecule has 0 saturated heterocycles. The summed E-state index contributed by atoms with van der Waals surface area (Å²) in [5.74, 6) is 0.912. The molecule has 70 valence electrons. The molecule has 0 atom stereocenters. The van der Waals surface area contributed by atoms with E-state index in [9.17, 15) is 4.79 Å². The predicted molar refractivity (Wildman–Crippen MR) is 51.5 cm³/mol. The van der Waals surface area contributed by atoms with Crippen LogP contribution in [-0.4, -0.2) is 11.0 Å². The number of nitrogens with zero attached hydrogens (tertiary/aromatic N) is 1. The Bertz CT molecular complexity index is 309. The number of carbonyl (C=O) groups is 1. The Morgan fingerprint density at radius 3 is 2.85 bits per heavy atom. The second-order valence-electron chi connectivity index (χ2n) is 3.12. The van der Waals surface area contributed by atoms with Crippen LogP contribution in [0.5, 0.6) is 0 Å². The summed E-state index contributed by atoms with van der Waals surface area (Å²) in [6.07, 6.45) is 1.65. The number of hydrogen-bond donors (Lipinski definition) is 2. The van der Waals surface area contributed by atoms with Crippen molar-refractivity contribution in [2.45, 2.75) is 19.8 Å². The molecule has 0 aliphatic heterocycles. The molecule has 0 radical (unpaired) electrons. The molecule has 1 aromatic rings. The van der Waals surface area contributed by atoms with Gasteiger partial charge in [-0.3, -0.25) is 5.32 Å². The van der Waals surface area contributed by atoms with Crippen molar-refractivity contribution in [3.8, 4) is 0 Å². The van der Waals surface area contributed by atoms with Gasteiger partial charge < -0.3 is 5.73 Å². The fraction of sp³-hybridized carbons (Fsp3) is 0.333. The van der Waals surface area contributed by atoms with Gasteiger partial charge in [0, 0.05) is 6.20 Å². The molecule has 0 fully saturated rings. The van der Waals surface area contributed by atoms with E-state index < -0.39 is 6.03 Å². The van der Waals surface area contributed by atoms with E-state index in [4.69, 9.17) is 5.73 Å². The maximum absolute atomic E-state index is 10.5. The number of nitrogens with two attached hydrogens (primary N) is 1. The van der Waals surface area contributed by atoms with Crippen molar-refractivity contribution in [1.29, 1.82) is 0 Å². The molecule has 0 aromatic carbocycles. The molecule has 4 nitrogen and oxygen atoms in total. The topological polar surface area (TPSA) is 68.0 Å². The van der Waals surface area contributed by atoms with Crippen molar-refractivity contribution in [3.05, 3.63) is 23.9 Å². The highest BCUT2D eigenvalue weighted by atomic mass is 16.2. The third kappa shape index (κ3) is 2.74. The Morgan fingerprint density at radius 1 is 1.62 bits per heavy atom. The molecule has 0 spiro atoms. The lowest BCUT2D eigenvalue weighted by atomic mass is 10.1. The van der Waals surface area contributed by atoms with E-state index in [0.29, 0.717) is 11.7 Å². The van der Waals surface area contributed by atoms with E-state index in [1.54, 1.807) is 6.20 Å². The lowest BCUT2D eigenvalue weighted by molar-refractivity contribution is 0.259. The molecule has 1 rings (SSSR count). The summed E-state index contributed by atoms with van der Waals surface area (Å²) in [4.78, 5) is 14.5. The maximum Gasteiger partial charge on any atom is 0.317 e. The number of amides is 2. The minimum atomic E-state index is -0.589. The highest BCUT2D eigenvalue weighted by molar-refractivity contribution is 5.86. The normalized spacial score (nSPS) is 10.1. The fourth-order valence-electron chi connectivity index (χ4n) is 1.00. The van der Waals surface area contributed by atoms with E-state index in [0.717, 1.165) is 5.56 Å². The van der Waals surface area contributed by atoms with E-state index in [-0.39, 0.29) is 0 Å². The average molecular weight is 179 g/mol. The third-order valence-corrected chi connectivity index (χ3v) is 1.70. The average Bonchev–Trinajstić information content (AvgIpc) is 2.03. The number of anilines is 1. The number of pyridine rings is 1. The van der Waals surface area contributed by atoms with Crippen molar-refractivity contribution < 1.29 is 4.79 Å². The van der Waals surface area contributed by atoms with Crippen LogP contribution in [0.15, 0.2) is 18.3 Å². The second-order valence-corrected chi connectivity index (χ2v) is 3.12. The highest BCUT2D eigenvalue weighted by Crippen LogP contribution is 2.15. The summed E-state index contributed by atoms with van der Waals surface area (Å²) in [6.45, 7) is 4.15. The van der Waals surface area contributed by atoms with Gasteiger partial charge in [0.15, 0.2) is 0 Å². The summed E-state index contributed by atoms with van der Waals surface area (Å²) >= 11 is 0. The smallest absolute Gasteiger partial charge is 0.317 e. The second kappa shape index (κ2) is 3.89. The van der Waals surface area contributed by atoms with Crippen LogP contribution in [0.25, 0.3) is 0 Å². The first-order chi connectivity index (χ1) is 6.09. The Morgan fingerprint density at radius 2 is 2.31 bits per heavy atom. The zero-order chi connectivity index (χ0) is 9.84. The Kier molecular flexibility index (Phi) is 2.84. The Hall–Kier alpha value is -1.58. The third-order valence-electron chi connectivity index (χ3n) is 1.70. The van der Waals surface area contributed by atoms with Crippen LogP contribution in [0.4, 0.5) is 10.6 Å². The molecule has 0 bridgehead atoms. The van der Waals surface area contributed by atoms with Crippen LogP contribution in [0.2, 0.25) is 0 Å². The first kappa shape index (κ1) is 9.51. The van der Waals surface area contributed by atoms with Crippen molar-refractivity contribution in [1.82, 2.24) is 4.98 Å². The summed E-state index contributed by atoms with van der Waals surface area (Å²) in [7, 11) is 0. The van der Waals surface area contributed by atoms with Gasteiger partial charge in [-0.05, 0) is 23.6 Å². The van der Waals surface area contributed by atoms with Crippen LogP contribution in [0, 0.1) is 0 Å². The van der Waals surface area contributed by atoms with Crippen molar-refractivity contribution in [2.24, 2.45) is 5.73 Å². The van der Waals surface area contributed by atoms with Crippen LogP contribution < -0.4 is 11.1 Å². The van der Waals surface area contributed by atoms with Crippen LogP contribution >= 0.6 is 0 Å². The zero-order valence-electron chi connectivity index (χ0n) is 7.74. The van der Waals surface area contributed by atoms with Crippen molar-refractivity contribution in [2.75, 3.05) is 5.32 Å². The number of hydrogen-bond acceptors (Lipinski definition) is 2. The van der Waals surface area contributed by atoms with Gasteiger partial charge in [0.05, 0.1) is 0 Å². The van der Waals surface area contributed by atoms with Gasteiger partial charge in [0.2, 0.25) is 0 Å². The fourth-order valence-corrected chi connectivity index (χ4v) is 1.00. The van der Waals surface area contributed by atoms with Gasteiger partial charge in [-0.2, -0.15) is 0 Å². The van der Waals surface area contributed by atoms with Gasteiger partial charge in [0.1, 0.15) is 5.82 Å². The van der Waals surface area contributed by atoms with Crippen LogP contribution in [0.1, 0.15) is 25.3 Å². The van der Waals surface area contributed by atoms with Gasteiger partial charge in [-0.1, -0.05) is 13.8 Å². The summed E-state index contributed by atoms with van der Waals surface area (Å²) in [5, 5.41) is 2.43. The zero-order valence-corrected chi connectivity index (χ0v) is 7.74. The van der Waals surface area contributed by atoms with Gasteiger partial charge in [0.25, 0.3) is 0 Å². The van der Waals surface area contributed by atoms with E-state index >= 15 is 0 Å². The molecule has 0 aliphatic carbocycles. The molecule has 0 unspecified atom stereocenters. The van der Waals surface area contributed by atoms with Crippen LogP contribution in [0.3, 0.4) is 0 Å². The first-order valence-electron chi connectivity index (χ1n) is 4.12. The number of nitrogens with one attached hydrogen (secondary N) is 1. The molecule has 2 amide bonds. The molecule has 3 N–H and O–H groups in total. The lowest BCUT2D eigenvalue weighted by Gasteiger charge is -2.06. The van der Waals surface area contributed by atoms with Gasteiger partial charge >= 0.3 is 6.03 Å². The van der Waals surface area contributed by atoms with Gasteiger partial charge in [-0.15, -0.1) is 0 Å². The number of aromatic nitrogens is 1. The summed E-state index contributed by atoms with van der Waals surface area (Å²) in [6, 6.07) is 3.14. The lowest BCUT2D eigenvalue weighted by Crippen LogP contribution is -2.20. The number of primary amides is 1. The summed E-state index contributed by atoms with van der Waals surface area (Å²) < 4.78 is 0. The molecule has 13 heavy (non-hydrogen) atoms. The highest BCUT2D eigenvalue weighted by Gasteiger charge is 2.01. The van der Waals surface area contributed by atoms with E-state index in [2.05, 4.69) is 24.1 Å². The molecule has 1 heterocycles. The van der Waals surface area contributed by atoms with Crippen LogP contribution in [-0.2, 0) is 0 Å². The Labute approximate surface area is 77.2 Å². The number of urea groups is 1. The molecule has 0 saturated carbocycles. The molecule has 1 aromatic heterocycles.